The van der Waals surface area contributed by atoms with Crippen molar-refractivity contribution >= 4 is 50.8 Å². The van der Waals surface area contributed by atoms with Crippen LogP contribution in [0.25, 0.3) is 0 Å². The highest BCUT2D eigenvalue weighted by molar-refractivity contribution is 7.92. The third-order valence-corrected chi connectivity index (χ3v) is 7.46. The fourth-order valence-electron chi connectivity index (χ4n) is 4.08. The first-order valence-corrected chi connectivity index (χ1v) is 12.4. The van der Waals surface area contributed by atoms with Crippen molar-refractivity contribution in [1.29, 1.82) is 0 Å². The Hall–Kier alpha value is -3.11. The summed E-state index contributed by atoms with van der Waals surface area (Å²) in [6.07, 6.45) is 2.97. The molecular weight excluding hydrogens is 468 g/mol. The van der Waals surface area contributed by atoms with E-state index in [2.05, 4.69) is 15.4 Å². The van der Waals surface area contributed by atoms with E-state index in [1.807, 2.05) is 0 Å². The molecule has 2 aliphatic rings. The Kier molecular flexibility index (Phi) is 6.31. The fraction of sp³-hybridized carbons (Fsp3) is 0.318. The van der Waals surface area contributed by atoms with Crippen LogP contribution in [0.15, 0.2) is 53.4 Å². The number of benzene rings is 2. The predicted molar refractivity (Wildman–Crippen MR) is 123 cm³/mol. The molecule has 3 N–H and O–H groups in total. The molecule has 0 bridgehead atoms. The van der Waals surface area contributed by atoms with Crippen LogP contribution in [0, 0.1) is 0 Å². The molecule has 1 saturated carbocycles. The van der Waals surface area contributed by atoms with E-state index in [0.29, 0.717) is 29.2 Å². The van der Waals surface area contributed by atoms with Gasteiger partial charge in [0.2, 0.25) is 5.91 Å². The first-order chi connectivity index (χ1) is 15.7. The summed E-state index contributed by atoms with van der Waals surface area (Å²) in [4.78, 5) is 38.3. The molecule has 1 spiro atoms. The molecule has 11 heteroatoms. The molecule has 4 rings (SSSR count). The first-order valence-electron chi connectivity index (χ1n) is 10.5. The normalized spacial score (nSPS) is 17.3. The lowest BCUT2D eigenvalue weighted by molar-refractivity contribution is -0.131. The van der Waals surface area contributed by atoms with Gasteiger partial charge in [0, 0.05) is 29.4 Å². The minimum Gasteiger partial charge on any atom is -0.326 e. The molecule has 33 heavy (non-hydrogen) atoms. The van der Waals surface area contributed by atoms with Crippen molar-refractivity contribution in [2.45, 2.75) is 42.5 Å². The molecular formula is C22H23ClN4O5S. The number of nitrogens with zero attached hydrogens (tertiary/aromatic N) is 1. The second-order valence-electron chi connectivity index (χ2n) is 8.11. The lowest BCUT2D eigenvalue weighted by atomic mass is 9.98. The Bertz CT molecular complexity index is 1180. The molecule has 0 aromatic heterocycles. The van der Waals surface area contributed by atoms with E-state index < -0.39 is 27.5 Å². The van der Waals surface area contributed by atoms with Gasteiger partial charge in [0.05, 0.1) is 4.90 Å². The van der Waals surface area contributed by atoms with E-state index in [1.54, 1.807) is 24.3 Å². The molecule has 4 amide bonds. The van der Waals surface area contributed by atoms with Crippen molar-refractivity contribution in [1.82, 2.24) is 10.2 Å². The minimum atomic E-state index is -3.81. The molecule has 1 aliphatic heterocycles. The molecule has 1 saturated heterocycles. The number of hydrogen-bond donors (Lipinski definition) is 3. The van der Waals surface area contributed by atoms with E-state index in [1.165, 1.54) is 24.3 Å². The molecule has 1 aliphatic carbocycles. The Labute approximate surface area is 196 Å². The van der Waals surface area contributed by atoms with Crippen LogP contribution in [-0.2, 0) is 19.6 Å². The van der Waals surface area contributed by atoms with Gasteiger partial charge in [-0.05, 0) is 61.4 Å². The lowest BCUT2D eigenvalue weighted by Crippen LogP contribution is -2.44. The van der Waals surface area contributed by atoms with E-state index in [4.69, 9.17) is 11.6 Å². The zero-order valence-electron chi connectivity index (χ0n) is 17.6. The Morgan fingerprint density at radius 1 is 1.00 bits per heavy atom. The van der Waals surface area contributed by atoms with Gasteiger partial charge in [0.25, 0.3) is 15.9 Å². The van der Waals surface area contributed by atoms with Gasteiger partial charge in [-0.3, -0.25) is 19.2 Å². The van der Waals surface area contributed by atoms with Crippen molar-refractivity contribution in [2.24, 2.45) is 0 Å². The molecule has 9 nitrogen and oxygen atoms in total. The highest BCUT2D eigenvalue weighted by Gasteiger charge is 2.52. The second kappa shape index (κ2) is 9.03. The first kappa shape index (κ1) is 23.1. The number of sulfonamides is 1. The maximum atomic E-state index is 12.6. The SMILES string of the molecule is O=C(CCN1C(=O)NC2(CCCC2)C1=O)Nc1ccc(S(=O)(=O)Nc2ccc(Cl)cc2)cc1. The van der Waals surface area contributed by atoms with Crippen LogP contribution in [0.5, 0.6) is 0 Å². The summed E-state index contributed by atoms with van der Waals surface area (Å²) in [5.74, 6) is -0.654. The summed E-state index contributed by atoms with van der Waals surface area (Å²) >= 11 is 5.81. The number of carbonyl (C=O) groups is 3. The third-order valence-electron chi connectivity index (χ3n) is 5.81. The van der Waals surface area contributed by atoms with Crippen LogP contribution in [0.2, 0.25) is 5.02 Å². The van der Waals surface area contributed by atoms with Crippen LogP contribution in [0.3, 0.4) is 0 Å². The average molecular weight is 491 g/mol. The van der Waals surface area contributed by atoms with Gasteiger partial charge in [-0.15, -0.1) is 0 Å². The summed E-state index contributed by atoms with van der Waals surface area (Å²) in [5, 5.41) is 5.92. The van der Waals surface area contributed by atoms with Crippen molar-refractivity contribution in [3.63, 3.8) is 0 Å². The Morgan fingerprint density at radius 3 is 2.24 bits per heavy atom. The van der Waals surface area contributed by atoms with Gasteiger partial charge >= 0.3 is 6.03 Å². The summed E-state index contributed by atoms with van der Waals surface area (Å²) in [7, 11) is -3.81. The number of imide groups is 1. The standard InChI is InChI=1S/C22H23ClN4O5S/c23-15-3-5-17(6-4-15)26-33(31,32)18-9-7-16(8-10-18)24-19(28)11-14-27-20(29)22(25-21(27)30)12-1-2-13-22/h3-10,26H,1-2,11-14H2,(H,24,28)(H,25,30). The quantitative estimate of drug-likeness (QED) is 0.513. The summed E-state index contributed by atoms with van der Waals surface area (Å²) in [6.45, 7) is -0.0181. The molecule has 2 fully saturated rings. The molecule has 2 aromatic carbocycles. The monoisotopic (exact) mass is 490 g/mol. The molecule has 0 atom stereocenters. The van der Waals surface area contributed by atoms with Gasteiger partial charge in [0.1, 0.15) is 5.54 Å². The minimum absolute atomic E-state index is 0.0181. The van der Waals surface area contributed by atoms with Crippen molar-refractivity contribution in [2.75, 3.05) is 16.6 Å². The van der Waals surface area contributed by atoms with Gasteiger partial charge in [0.15, 0.2) is 0 Å². The van der Waals surface area contributed by atoms with E-state index in [-0.39, 0.29) is 23.8 Å². The average Bonchev–Trinajstić information content (AvgIpc) is 3.33. The van der Waals surface area contributed by atoms with E-state index >= 15 is 0 Å². The zero-order chi connectivity index (χ0) is 23.6. The third kappa shape index (κ3) is 4.96. The smallest absolute Gasteiger partial charge is 0.325 e. The van der Waals surface area contributed by atoms with Crippen molar-refractivity contribution < 1.29 is 22.8 Å². The lowest BCUT2D eigenvalue weighted by Gasteiger charge is -2.19. The number of hydrogen-bond acceptors (Lipinski definition) is 5. The number of halogens is 1. The van der Waals surface area contributed by atoms with Crippen LogP contribution >= 0.6 is 11.6 Å². The fourth-order valence-corrected chi connectivity index (χ4v) is 5.27. The maximum Gasteiger partial charge on any atom is 0.325 e. The second-order valence-corrected chi connectivity index (χ2v) is 10.2. The maximum absolute atomic E-state index is 12.6. The molecule has 0 unspecified atom stereocenters. The molecule has 0 radical (unpaired) electrons. The van der Waals surface area contributed by atoms with Crippen LogP contribution in [0.1, 0.15) is 32.1 Å². The Balaban J connectivity index is 1.32. The number of nitrogens with one attached hydrogen (secondary N) is 3. The summed E-state index contributed by atoms with van der Waals surface area (Å²) < 4.78 is 27.5. The van der Waals surface area contributed by atoms with Gasteiger partial charge in [-0.2, -0.15) is 0 Å². The number of rotatable bonds is 7. The van der Waals surface area contributed by atoms with Crippen molar-refractivity contribution in [3.05, 3.63) is 53.6 Å². The molecule has 174 valence electrons. The largest absolute Gasteiger partial charge is 0.326 e. The Morgan fingerprint density at radius 2 is 1.61 bits per heavy atom. The number of urea groups is 1. The molecule has 1 heterocycles. The topological polar surface area (TPSA) is 125 Å². The number of anilines is 2. The van der Waals surface area contributed by atoms with E-state index in [9.17, 15) is 22.8 Å². The van der Waals surface area contributed by atoms with E-state index in [0.717, 1.165) is 17.7 Å². The van der Waals surface area contributed by atoms with Gasteiger partial charge < -0.3 is 10.6 Å². The number of carbonyl (C=O) groups excluding carboxylic acids is 3. The van der Waals surface area contributed by atoms with Gasteiger partial charge in [-0.1, -0.05) is 24.4 Å². The number of amides is 4. The van der Waals surface area contributed by atoms with Crippen LogP contribution < -0.4 is 15.4 Å². The highest BCUT2D eigenvalue weighted by Crippen LogP contribution is 2.35. The summed E-state index contributed by atoms with van der Waals surface area (Å²) in [5.41, 5.74) is -0.0267. The zero-order valence-corrected chi connectivity index (χ0v) is 19.2. The van der Waals surface area contributed by atoms with Crippen LogP contribution in [0.4, 0.5) is 16.2 Å². The molecule has 2 aromatic rings. The predicted octanol–water partition coefficient (Wildman–Crippen LogP) is 3.33. The summed E-state index contributed by atoms with van der Waals surface area (Å²) in [6, 6.07) is 11.5. The highest BCUT2D eigenvalue weighted by atomic mass is 35.5. The van der Waals surface area contributed by atoms with Crippen molar-refractivity contribution in [3.8, 4) is 0 Å². The van der Waals surface area contributed by atoms with Crippen LogP contribution in [-0.4, -0.2) is 43.2 Å². The van der Waals surface area contributed by atoms with Gasteiger partial charge in [-0.25, -0.2) is 13.2 Å².